The summed E-state index contributed by atoms with van der Waals surface area (Å²) < 4.78 is 7.25. The van der Waals surface area contributed by atoms with Gasteiger partial charge in [-0.2, -0.15) is 0 Å². The Balaban J connectivity index is 1.50. The number of amides is 2. The van der Waals surface area contributed by atoms with Crippen LogP contribution in [0, 0.1) is 5.92 Å². The predicted octanol–water partition coefficient (Wildman–Crippen LogP) is 2.76. The van der Waals surface area contributed by atoms with E-state index >= 15 is 0 Å². The van der Waals surface area contributed by atoms with Gasteiger partial charge in [-0.3, -0.25) is 9.59 Å². The van der Waals surface area contributed by atoms with Gasteiger partial charge >= 0.3 is 0 Å². The third-order valence-electron chi connectivity index (χ3n) is 5.27. The van der Waals surface area contributed by atoms with Crippen LogP contribution in [0.4, 0.5) is 5.82 Å². The van der Waals surface area contributed by atoms with E-state index in [-0.39, 0.29) is 23.8 Å². The molecule has 2 N–H and O–H groups in total. The van der Waals surface area contributed by atoms with Gasteiger partial charge < -0.3 is 15.4 Å². The van der Waals surface area contributed by atoms with Crippen LogP contribution in [0.2, 0.25) is 0 Å². The lowest BCUT2D eigenvalue weighted by atomic mass is 10.0. The molecule has 2 aliphatic rings. The number of aromatic nitrogens is 2. The van der Waals surface area contributed by atoms with Gasteiger partial charge in [0.2, 0.25) is 11.8 Å². The topological polar surface area (TPSA) is 93.2 Å². The minimum absolute atomic E-state index is 0.0350. The van der Waals surface area contributed by atoms with Crippen molar-refractivity contribution in [2.45, 2.75) is 25.9 Å². The highest BCUT2D eigenvalue weighted by atomic mass is 32.1. The van der Waals surface area contributed by atoms with E-state index in [1.54, 1.807) is 5.51 Å². The third-order valence-corrected chi connectivity index (χ3v) is 6.12. The first-order valence-corrected chi connectivity index (χ1v) is 10.1. The van der Waals surface area contributed by atoms with E-state index in [2.05, 4.69) is 20.6 Å². The monoisotopic (exact) mass is 394 g/mol. The molecule has 0 radical (unpaired) electrons. The number of nitrogens with one attached hydrogen (secondary N) is 2. The quantitative estimate of drug-likeness (QED) is 0.710. The predicted molar refractivity (Wildman–Crippen MR) is 106 cm³/mol. The van der Waals surface area contributed by atoms with E-state index in [0.717, 1.165) is 32.8 Å². The summed E-state index contributed by atoms with van der Waals surface area (Å²) in [5.41, 5.74) is 5.18. The van der Waals surface area contributed by atoms with Gasteiger partial charge in [-0.05, 0) is 25.1 Å². The van der Waals surface area contributed by atoms with Crippen molar-refractivity contribution in [1.82, 2.24) is 15.3 Å². The number of anilines is 1. The molecule has 3 aromatic rings. The second-order valence-electron chi connectivity index (χ2n) is 7.20. The lowest BCUT2D eigenvalue weighted by Crippen LogP contribution is -2.25. The van der Waals surface area contributed by atoms with Crippen molar-refractivity contribution in [2.24, 2.45) is 5.92 Å². The zero-order valence-electron chi connectivity index (χ0n) is 15.2. The van der Waals surface area contributed by atoms with Crippen LogP contribution < -0.4 is 15.4 Å². The van der Waals surface area contributed by atoms with Crippen LogP contribution in [0.5, 0.6) is 5.75 Å². The van der Waals surface area contributed by atoms with Gasteiger partial charge in [0.1, 0.15) is 17.7 Å². The molecule has 1 aromatic carbocycles. The molecule has 2 aromatic heterocycles. The number of carbonyl (C=O) groups excluding carboxylic acids is 2. The van der Waals surface area contributed by atoms with Gasteiger partial charge in [0.25, 0.3) is 0 Å². The first kappa shape index (κ1) is 17.1. The van der Waals surface area contributed by atoms with Crippen molar-refractivity contribution < 1.29 is 14.3 Å². The van der Waals surface area contributed by atoms with Crippen LogP contribution in [0.25, 0.3) is 21.5 Å². The molecule has 5 rings (SSSR count). The van der Waals surface area contributed by atoms with Gasteiger partial charge in [0.15, 0.2) is 0 Å². The molecular weight excluding hydrogens is 376 g/mol. The molecule has 28 heavy (non-hydrogen) atoms. The van der Waals surface area contributed by atoms with Crippen molar-refractivity contribution in [3.8, 4) is 17.0 Å². The fourth-order valence-electron chi connectivity index (χ4n) is 3.68. The highest BCUT2D eigenvalue weighted by Gasteiger charge is 2.28. The Morgan fingerprint density at radius 2 is 2.14 bits per heavy atom. The van der Waals surface area contributed by atoms with Crippen molar-refractivity contribution in [1.29, 1.82) is 0 Å². The number of hydrogen-bond donors (Lipinski definition) is 2. The van der Waals surface area contributed by atoms with Gasteiger partial charge in [-0.15, -0.1) is 11.3 Å². The van der Waals surface area contributed by atoms with Crippen LogP contribution in [0.15, 0.2) is 29.8 Å². The molecule has 2 amide bonds. The summed E-state index contributed by atoms with van der Waals surface area (Å²) in [5, 5.41) is 5.65. The molecule has 2 aliphatic heterocycles. The van der Waals surface area contributed by atoms with E-state index < -0.39 is 0 Å². The first-order chi connectivity index (χ1) is 13.6. The molecule has 1 fully saturated rings. The van der Waals surface area contributed by atoms with Crippen LogP contribution in [-0.4, -0.2) is 34.4 Å². The number of carbonyl (C=O) groups is 2. The maximum atomic E-state index is 11.6. The highest BCUT2D eigenvalue weighted by molar-refractivity contribution is 7.17. The summed E-state index contributed by atoms with van der Waals surface area (Å²) in [6.07, 6.45) is 0.749. The van der Waals surface area contributed by atoms with Crippen LogP contribution >= 0.6 is 11.3 Å². The molecule has 2 atom stereocenters. The smallest absolute Gasteiger partial charge is 0.230 e. The standard InChI is InChI=1S/C20H18N4O3S/c1-10(13-7-17(25)21-8-13)27-16-5-12(4-15-19(16)28-9-22-15)14-3-2-11-6-18(26)24-20(11)23-14/h2-5,9-10,13H,6-8H2,1H3,(H,21,25)(H,23,24,26). The highest BCUT2D eigenvalue weighted by Crippen LogP contribution is 2.36. The zero-order valence-corrected chi connectivity index (χ0v) is 16.0. The van der Waals surface area contributed by atoms with Crippen molar-refractivity contribution in [3.63, 3.8) is 0 Å². The molecule has 1 saturated heterocycles. The summed E-state index contributed by atoms with van der Waals surface area (Å²) >= 11 is 1.53. The van der Waals surface area contributed by atoms with E-state index in [4.69, 9.17) is 4.74 Å². The van der Waals surface area contributed by atoms with Gasteiger partial charge in [0.05, 0.1) is 27.8 Å². The number of thiazole rings is 1. The maximum Gasteiger partial charge on any atom is 0.230 e. The van der Waals surface area contributed by atoms with Gasteiger partial charge in [-0.1, -0.05) is 6.07 Å². The van der Waals surface area contributed by atoms with E-state index in [1.165, 1.54) is 11.3 Å². The van der Waals surface area contributed by atoms with Crippen molar-refractivity contribution in [3.05, 3.63) is 35.3 Å². The Morgan fingerprint density at radius 1 is 1.25 bits per heavy atom. The number of nitrogens with zero attached hydrogens (tertiary/aromatic N) is 2. The molecule has 0 aliphatic carbocycles. The molecule has 8 heteroatoms. The average molecular weight is 394 g/mol. The minimum Gasteiger partial charge on any atom is -0.489 e. The maximum absolute atomic E-state index is 11.6. The van der Waals surface area contributed by atoms with Crippen molar-refractivity contribution >= 4 is 39.2 Å². The zero-order chi connectivity index (χ0) is 19.3. The SMILES string of the molecule is CC(Oc1cc(-c2ccc3c(n2)NC(=O)C3)cc2ncsc12)C1CNC(=O)C1. The number of fused-ring (bicyclic) bond motifs is 2. The number of hydrogen-bond acceptors (Lipinski definition) is 6. The Labute approximate surface area is 165 Å². The number of ether oxygens (including phenoxy) is 1. The van der Waals surface area contributed by atoms with Crippen LogP contribution in [-0.2, 0) is 16.0 Å². The Kier molecular flexibility index (Phi) is 4.01. The number of benzene rings is 1. The lowest BCUT2D eigenvalue weighted by molar-refractivity contribution is -0.119. The molecule has 0 spiro atoms. The number of rotatable bonds is 4. The summed E-state index contributed by atoms with van der Waals surface area (Å²) in [7, 11) is 0. The minimum atomic E-state index is -0.105. The van der Waals surface area contributed by atoms with Crippen LogP contribution in [0.3, 0.4) is 0 Å². The molecule has 142 valence electrons. The molecule has 4 heterocycles. The van der Waals surface area contributed by atoms with Crippen molar-refractivity contribution in [2.75, 3.05) is 11.9 Å². The lowest BCUT2D eigenvalue weighted by Gasteiger charge is -2.20. The average Bonchev–Trinajstić information content (AvgIpc) is 3.39. The summed E-state index contributed by atoms with van der Waals surface area (Å²) in [5.74, 6) is 1.54. The fraction of sp³-hybridized carbons (Fsp3) is 0.300. The Bertz CT molecular complexity index is 1110. The molecule has 2 unspecified atom stereocenters. The van der Waals surface area contributed by atoms with E-state index in [1.807, 2.05) is 31.2 Å². The molecule has 0 bridgehead atoms. The Hall–Kier alpha value is -3.00. The summed E-state index contributed by atoms with van der Waals surface area (Å²) in [6, 6.07) is 7.79. The van der Waals surface area contributed by atoms with Gasteiger partial charge in [-0.25, -0.2) is 9.97 Å². The second-order valence-corrected chi connectivity index (χ2v) is 8.05. The third kappa shape index (κ3) is 2.99. The van der Waals surface area contributed by atoms with Gasteiger partial charge in [0, 0.05) is 30.0 Å². The normalized spacial score (nSPS) is 19.4. The number of pyridine rings is 1. The molecular formula is C20H18N4O3S. The second kappa shape index (κ2) is 6.56. The molecule has 0 saturated carbocycles. The van der Waals surface area contributed by atoms with E-state index in [9.17, 15) is 9.59 Å². The fourth-order valence-corrected chi connectivity index (χ4v) is 4.41. The van der Waals surface area contributed by atoms with E-state index in [0.29, 0.717) is 25.2 Å². The summed E-state index contributed by atoms with van der Waals surface area (Å²) in [4.78, 5) is 32.2. The first-order valence-electron chi connectivity index (χ1n) is 9.17. The van der Waals surface area contributed by atoms with Crippen LogP contribution in [0.1, 0.15) is 18.9 Å². The largest absolute Gasteiger partial charge is 0.489 e. The molecule has 7 nitrogen and oxygen atoms in total. The Morgan fingerprint density at radius 3 is 2.96 bits per heavy atom. The summed E-state index contributed by atoms with van der Waals surface area (Å²) in [6.45, 7) is 2.63.